The van der Waals surface area contributed by atoms with Crippen molar-refractivity contribution in [3.05, 3.63) is 22.2 Å². The summed E-state index contributed by atoms with van der Waals surface area (Å²) in [5, 5.41) is 0. The molecule has 0 aliphatic heterocycles. The van der Waals surface area contributed by atoms with Crippen LogP contribution in [0.15, 0.2) is 10.7 Å². The molecule has 2 nitrogen and oxygen atoms in total. The zero-order valence-corrected chi connectivity index (χ0v) is 8.11. The molecule has 0 aliphatic rings. The van der Waals surface area contributed by atoms with E-state index in [-0.39, 0.29) is 10.2 Å². The number of methoxy groups -OCH3 is 1. The van der Waals surface area contributed by atoms with E-state index in [1.165, 1.54) is 7.11 Å². The average molecular weight is 256 g/mol. The fourth-order valence-corrected chi connectivity index (χ4v) is 1.34. The lowest BCUT2D eigenvalue weighted by atomic mass is 10.2. The smallest absolute Gasteiger partial charge is 0.271 e. The van der Waals surface area contributed by atoms with Crippen LogP contribution in [0, 0.1) is 5.95 Å². The molecule has 0 amide bonds. The number of nitrogens with zero attached hydrogens (tertiary/aromatic N) is 1. The van der Waals surface area contributed by atoms with Gasteiger partial charge in [-0.2, -0.15) is 4.39 Å². The fraction of sp³-hybridized carbons (Fsp3) is 0.286. The van der Waals surface area contributed by atoms with E-state index in [1.54, 1.807) is 0 Å². The summed E-state index contributed by atoms with van der Waals surface area (Å²) in [6, 6.07) is 0. The molecule has 0 saturated heterocycles. The van der Waals surface area contributed by atoms with Crippen molar-refractivity contribution in [3.8, 4) is 5.75 Å². The fourth-order valence-electron chi connectivity index (χ4n) is 0.860. The van der Waals surface area contributed by atoms with Gasteiger partial charge < -0.3 is 4.74 Å². The van der Waals surface area contributed by atoms with E-state index in [9.17, 15) is 13.2 Å². The molecule has 0 unspecified atom stereocenters. The van der Waals surface area contributed by atoms with Gasteiger partial charge in [0.05, 0.1) is 11.6 Å². The first kappa shape index (κ1) is 10.3. The molecule has 0 saturated carbocycles. The van der Waals surface area contributed by atoms with Crippen molar-refractivity contribution in [2.45, 2.75) is 6.43 Å². The van der Waals surface area contributed by atoms with Crippen LogP contribution in [-0.2, 0) is 0 Å². The van der Waals surface area contributed by atoms with E-state index in [0.717, 1.165) is 6.20 Å². The summed E-state index contributed by atoms with van der Waals surface area (Å²) < 4.78 is 42.1. The molecular formula is C7H5BrF3NO. The van der Waals surface area contributed by atoms with Gasteiger partial charge in [-0.1, -0.05) is 0 Å². The lowest BCUT2D eigenvalue weighted by Gasteiger charge is -2.09. The molecular weight excluding hydrogens is 251 g/mol. The van der Waals surface area contributed by atoms with Crippen LogP contribution in [0.1, 0.15) is 12.0 Å². The Morgan fingerprint density at radius 3 is 2.54 bits per heavy atom. The number of pyridine rings is 1. The van der Waals surface area contributed by atoms with Crippen LogP contribution in [0.3, 0.4) is 0 Å². The van der Waals surface area contributed by atoms with Gasteiger partial charge in [-0.25, -0.2) is 13.8 Å². The number of alkyl halides is 2. The number of halogens is 4. The molecule has 0 fully saturated rings. The topological polar surface area (TPSA) is 22.1 Å². The number of ether oxygens (including phenoxy) is 1. The van der Waals surface area contributed by atoms with E-state index in [0.29, 0.717) is 0 Å². The lowest BCUT2D eigenvalue weighted by Crippen LogP contribution is -2.00. The molecule has 0 N–H and O–H groups in total. The summed E-state index contributed by atoms with van der Waals surface area (Å²) in [5.74, 6) is -1.43. The van der Waals surface area contributed by atoms with Crippen LogP contribution in [-0.4, -0.2) is 12.1 Å². The standard InChI is InChI=1S/C7H5BrF3NO/c1-13-5-3(8)2-12-7(11)4(5)6(9)10/h2,6H,1H3. The van der Waals surface area contributed by atoms with Gasteiger partial charge >= 0.3 is 0 Å². The van der Waals surface area contributed by atoms with Gasteiger partial charge in [0.2, 0.25) is 5.95 Å². The molecule has 1 rings (SSSR count). The van der Waals surface area contributed by atoms with Gasteiger partial charge in [0.15, 0.2) is 0 Å². The molecule has 0 spiro atoms. The predicted octanol–water partition coefficient (Wildman–Crippen LogP) is 2.93. The Hall–Kier alpha value is -0.780. The largest absolute Gasteiger partial charge is 0.495 e. The first-order valence-electron chi connectivity index (χ1n) is 3.24. The maximum Gasteiger partial charge on any atom is 0.271 e. The minimum Gasteiger partial charge on any atom is -0.495 e. The lowest BCUT2D eigenvalue weighted by molar-refractivity contribution is 0.140. The Morgan fingerprint density at radius 1 is 1.54 bits per heavy atom. The molecule has 72 valence electrons. The number of hydrogen-bond donors (Lipinski definition) is 0. The van der Waals surface area contributed by atoms with Crippen LogP contribution in [0.25, 0.3) is 0 Å². The second-order valence-electron chi connectivity index (χ2n) is 2.14. The van der Waals surface area contributed by atoms with Crippen LogP contribution in [0.2, 0.25) is 0 Å². The molecule has 0 aliphatic carbocycles. The third-order valence-electron chi connectivity index (χ3n) is 1.40. The Labute approximate surface area is 80.9 Å². The van der Waals surface area contributed by atoms with Crippen LogP contribution in [0.4, 0.5) is 13.2 Å². The highest BCUT2D eigenvalue weighted by Crippen LogP contribution is 2.35. The first-order chi connectivity index (χ1) is 6.07. The SMILES string of the molecule is COc1c(Br)cnc(F)c1C(F)F. The van der Waals surface area contributed by atoms with Gasteiger partial charge in [0, 0.05) is 6.20 Å². The zero-order chi connectivity index (χ0) is 10.0. The first-order valence-corrected chi connectivity index (χ1v) is 4.03. The Bertz CT molecular complexity index is 319. The minimum absolute atomic E-state index is 0.201. The minimum atomic E-state index is -2.94. The van der Waals surface area contributed by atoms with E-state index >= 15 is 0 Å². The van der Waals surface area contributed by atoms with Crippen molar-refractivity contribution < 1.29 is 17.9 Å². The van der Waals surface area contributed by atoms with Gasteiger partial charge in [-0.05, 0) is 15.9 Å². The predicted molar refractivity (Wildman–Crippen MR) is 43.4 cm³/mol. The highest BCUT2D eigenvalue weighted by atomic mass is 79.9. The number of rotatable bonds is 2. The normalized spacial score (nSPS) is 10.6. The van der Waals surface area contributed by atoms with Gasteiger partial charge in [0.25, 0.3) is 6.43 Å². The van der Waals surface area contributed by atoms with Gasteiger partial charge in [-0.3, -0.25) is 0 Å². The highest BCUT2D eigenvalue weighted by Gasteiger charge is 2.22. The van der Waals surface area contributed by atoms with E-state index in [4.69, 9.17) is 0 Å². The molecule has 1 aromatic heterocycles. The molecule has 1 heterocycles. The quantitative estimate of drug-likeness (QED) is 0.759. The van der Waals surface area contributed by atoms with Gasteiger partial charge in [0.1, 0.15) is 11.3 Å². The van der Waals surface area contributed by atoms with E-state index in [2.05, 4.69) is 25.7 Å². The average Bonchev–Trinajstić information content (AvgIpc) is 2.07. The van der Waals surface area contributed by atoms with Crippen molar-refractivity contribution >= 4 is 15.9 Å². The van der Waals surface area contributed by atoms with Crippen LogP contribution < -0.4 is 4.74 Å². The monoisotopic (exact) mass is 255 g/mol. The summed E-state index contributed by atoms with van der Waals surface area (Å²) in [4.78, 5) is 3.13. The zero-order valence-electron chi connectivity index (χ0n) is 6.52. The molecule has 0 aromatic carbocycles. The second-order valence-corrected chi connectivity index (χ2v) is 3.00. The van der Waals surface area contributed by atoms with E-state index < -0.39 is 17.9 Å². The maximum atomic E-state index is 12.8. The Balaban J connectivity index is 3.35. The van der Waals surface area contributed by atoms with Crippen molar-refractivity contribution in [2.75, 3.05) is 7.11 Å². The molecule has 0 bridgehead atoms. The van der Waals surface area contributed by atoms with Crippen LogP contribution >= 0.6 is 15.9 Å². The van der Waals surface area contributed by atoms with Crippen LogP contribution in [0.5, 0.6) is 5.75 Å². The van der Waals surface area contributed by atoms with Crippen molar-refractivity contribution in [3.63, 3.8) is 0 Å². The molecule has 0 radical (unpaired) electrons. The Kier molecular flexibility index (Phi) is 3.13. The van der Waals surface area contributed by atoms with Gasteiger partial charge in [-0.15, -0.1) is 0 Å². The summed E-state index contributed by atoms with van der Waals surface area (Å²) >= 11 is 2.92. The molecule has 0 atom stereocenters. The van der Waals surface area contributed by atoms with Crippen molar-refractivity contribution in [1.82, 2.24) is 4.98 Å². The molecule has 1 aromatic rings. The third-order valence-corrected chi connectivity index (χ3v) is 1.96. The summed E-state index contributed by atoms with van der Waals surface area (Å²) in [5.41, 5.74) is -0.822. The summed E-state index contributed by atoms with van der Waals surface area (Å²) in [6.07, 6.45) is -1.88. The molecule has 13 heavy (non-hydrogen) atoms. The summed E-state index contributed by atoms with van der Waals surface area (Å²) in [7, 11) is 1.19. The molecule has 6 heteroatoms. The maximum absolute atomic E-state index is 12.8. The Morgan fingerprint density at radius 2 is 2.15 bits per heavy atom. The van der Waals surface area contributed by atoms with Crippen molar-refractivity contribution in [2.24, 2.45) is 0 Å². The number of aromatic nitrogens is 1. The number of hydrogen-bond acceptors (Lipinski definition) is 2. The third kappa shape index (κ3) is 1.93. The highest BCUT2D eigenvalue weighted by molar-refractivity contribution is 9.10. The summed E-state index contributed by atoms with van der Waals surface area (Å²) in [6.45, 7) is 0. The van der Waals surface area contributed by atoms with Crippen molar-refractivity contribution in [1.29, 1.82) is 0 Å². The van der Waals surface area contributed by atoms with E-state index in [1.807, 2.05) is 0 Å². The second kappa shape index (κ2) is 3.95.